The molecule has 1 aliphatic carbocycles. The number of aromatic nitrogens is 2. The van der Waals surface area contributed by atoms with E-state index in [1.165, 1.54) is 0 Å². The number of H-pyrrole nitrogens is 2. The van der Waals surface area contributed by atoms with Crippen molar-refractivity contribution in [1.29, 1.82) is 0 Å². The van der Waals surface area contributed by atoms with Crippen molar-refractivity contribution in [2.45, 2.75) is 32.6 Å². The second-order valence-electron chi connectivity index (χ2n) is 7.76. The van der Waals surface area contributed by atoms with Crippen LogP contribution < -0.4 is 16.6 Å². The van der Waals surface area contributed by atoms with Crippen molar-refractivity contribution in [3.63, 3.8) is 0 Å². The fourth-order valence-corrected chi connectivity index (χ4v) is 4.53. The number of anilines is 1. The lowest BCUT2D eigenvalue weighted by Gasteiger charge is -2.39. The van der Waals surface area contributed by atoms with Crippen LogP contribution in [0.1, 0.15) is 43.7 Å². The Labute approximate surface area is 164 Å². The zero-order valence-electron chi connectivity index (χ0n) is 14.7. The molecule has 140 valence electrons. The highest BCUT2D eigenvalue weighted by atomic mass is 35.5. The van der Waals surface area contributed by atoms with Crippen molar-refractivity contribution in [2.24, 2.45) is 5.41 Å². The number of nitrogens with one attached hydrogen (secondary N) is 3. The molecule has 2 heterocycles. The van der Waals surface area contributed by atoms with Gasteiger partial charge in [0.2, 0.25) is 0 Å². The summed E-state index contributed by atoms with van der Waals surface area (Å²) in [6.45, 7) is 4.03. The molecule has 1 aliphatic heterocycles. The molecule has 0 saturated carbocycles. The van der Waals surface area contributed by atoms with Crippen molar-refractivity contribution in [2.75, 3.05) is 5.32 Å². The molecular weight excluding hydrogens is 389 g/mol. The Morgan fingerprint density at radius 2 is 1.81 bits per heavy atom. The minimum atomic E-state index is -0.639. The largest absolute Gasteiger partial charge is 0.338 e. The van der Waals surface area contributed by atoms with E-state index in [0.717, 1.165) is 5.57 Å². The summed E-state index contributed by atoms with van der Waals surface area (Å²) >= 11 is 12.5. The van der Waals surface area contributed by atoms with E-state index in [0.29, 0.717) is 39.7 Å². The standard InChI is InChI=1S/C19H17Cl2N3O3/c1-19(2)6-10-13(9-4-3-8(20)5-11(9)21)14-16(22-15(10)12(25)7-19)23-18(27)24-17(14)26/h3-5,13H,6-7H2,1-2H3,(H3,22,23,24,26,27). The van der Waals surface area contributed by atoms with Gasteiger partial charge in [0.05, 0.1) is 11.3 Å². The molecule has 0 amide bonds. The molecule has 6 nitrogen and oxygen atoms in total. The van der Waals surface area contributed by atoms with E-state index in [9.17, 15) is 14.4 Å². The van der Waals surface area contributed by atoms with Gasteiger partial charge in [0.15, 0.2) is 5.78 Å². The molecule has 1 unspecified atom stereocenters. The van der Waals surface area contributed by atoms with Gasteiger partial charge in [0.1, 0.15) is 5.82 Å². The van der Waals surface area contributed by atoms with Gasteiger partial charge in [-0.15, -0.1) is 0 Å². The highest BCUT2D eigenvalue weighted by molar-refractivity contribution is 6.35. The lowest BCUT2D eigenvalue weighted by atomic mass is 9.68. The Hall–Kier alpha value is -2.31. The van der Waals surface area contributed by atoms with E-state index in [1.54, 1.807) is 18.2 Å². The van der Waals surface area contributed by atoms with Crippen LogP contribution in [0.25, 0.3) is 0 Å². The molecule has 0 saturated heterocycles. The van der Waals surface area contributed by atoms with E-state index in [4.69, 9.17) is 23.2 Å². The van der Waals surface area contributed by atoms with Crippen LogP contribution in [0.2, 0.25) is 10.0 Å². The van der Waals surface area contributed by atoms with Gasteiger partial charge >= 0.3 is 5.69 Å². The molecule has 0 radical (unpaired) electrons. The molecule has 2 aliphatic rings. The van der Waals surface area contributed by atoms with Gasteiger partial charge in [-0.2, -0.15) is 0 Å². The summed E-state index contributed by atoms with van der Waals surface area (Å²) in [5, 5.41) is 3.86. The van der Waals surface area contributed by atoms with Gasteiger partial charge in [-0.1, -0.05) is 43.1 Å². The minimum absolute atomic E-state index is 0.0527. The number of allylic oxidation sites excluding steroid dienone is 2. The van der Waals surface area contributed by atoms with Crippen LogP contribution in [0.15, 0.2) is 39.1 Å². The summed E-state index contributed by atoms with van der Waals surface area (Å²) in [5.74, 6) is -0.375. The van der Waals surface area contributed by atoms with Crippen molar-refractivity contribution in [3.8, 4) is 0 Å². The third-order valence-corrected chi connectivity index (χ3v) is 5.61. The van der Waals surface area contributed by atoms with E-state index in [2.05, 4.69) is 15.3 Å². The molecule has 27 heavy (non-hydrogen) atoms. The molecule has 1 atom stereocenters. The number of fused-ring (bicyclic) bond motifs is 1. The second-order valence-corrected chi connectivity index (χ2v) is 8.61. The molecule has 0 bridgehead atoms. The highest BCUT2D eigenvalue weighted by Gasteiger charge is 2.42. The van der Waals surface area contributed by atoms with Gasteiger partial charge in [-0.05, 0) is 35.1 Å². The summed E-state index contributed by atoms with van der Waals surface area (Å²) in [5.41, 5.74) is 0.827. The third kappa shape index (κ3) is 3.03. The molecule has 4 rings (SSSR count). The van der Waals surface area contributed by atoms with Crippen LogP contribution in [0.5, 0.6) is 0 Å². The Morgan fingerprint density at radius 1 is 1.07 bits per heavy atom. The zero-order chi connectivity index (χ0) is 19.5. The fraction of sp³-hybridized carbons (Fsp3) is 0.316. The molecule has 1 aromatic carbocycles. The van der Waals surface area contributed by atoms with Crippen LogP contribution in [0, 0.1) is 5.41 Å². The summed E-state index contributed by atoms with van der Waals surface area (Å²) in [4.78, 5) is 42.1. The highest BCUT2D eigenvalue weighted by Crippen LogP contribution is 2.49. The molecule has 0 spiro atoms. The number of rotatable bonds is 1. The van der Waals surface area contributed by atoms with Crippen molar-refractivity contribution < 1.29 is 4.79 Å². The normalized spacial score (nSPS) is 20.7. The van der Waals surface area contributed by atoms with Crippen molar-refractivity contribution >= 4 is 34.8 Å². The number of ketones is 1. The van der Waals surface area contributed by atoms with E-state index in [-0.39, 0.29) is 17.0 Å². The first-order valence-electron chi connectivity index (χ1n) is 8.51. The Morgan fingerprint density at radius 3 is 2.52 bits per heavy atom. The zero-order valence-corrected chi connectivity index (χ0v) is 16.2. The number of carbonyl (C=O) groups excluding carboxylic acids is 1. The van der Waals surface area contributed by atoms with Gasteiger partial charge in [0.25, 0.3) is 5.56 Å². The Bertz CT molecular complexity index is 1130. The molecule has 2 aromatic rings. The summed E-state index contributed by atoms with van der Waals surface area (Å²) in [6.07, 6.45) is 0.991. The maximum absolute atomic E-state index is 12.8. The van der Waals surface area contributed by atoms with Crippen LogP contribution in [-0.2, 0) is 4.79 Å². The molecular formula is C19H17Cl2N3O3. The van der Waals surface area contributed by atoms with Gasteiger partial charge in [-0.25, -0.2) is 4.79 Å². The van der Waals surface area contributed by atoms with Crippen LogP contribution >= 0.6 is 23.2 Å². The molecule has 0 fully saturated rings. The van der Waals surface area contributed by atoms with Gasteiger partial charge < -0.3 is 5.32 Å². The predicted octanol–water partition coefficient (Wildman–Crippen LogP) is 3.57. The lowest BCUT2D eigenvalue weighted by Crippen LogP contribution is -2.39. The second kappa shape index (κ2) is 6.11. The number of aromatic amines is 2. The van der Waals surface area contributed by atoms with Crippen LogP contribution in [0.3, 0.4) is 0 Å². The third-order valence-electron chi connectivity index (χ3n) is 5.05. The monoisotopic (exact) mass is 405 g/mol. The quantitative estimate of drug-likeness (QED) is 0.675. The summed E-state index contributed by atoms with van der Waals surface area (Å²) in [6, 6.07) is 5.06. The first-order chi connectivity index (χ1) is 12.7. The lowest BCUT2D eigenvalue weighted by molar-refractivity contribution is -0.118. The summed E-state index contributed by atoms with van der Waals surface area (Å²) in [7, 11) is 0. The topological polar surface area (TPSA) is 94.8 Å². The number of hydrogen-bond acceptors (Lipinski definition) is 4. The van der Waals surface area contributed by atoms with Gasteiger partial charge in [0, 0.05) is 22.4 Å². The summed E-state index contributed by atoms with van der Waals surface area (Å²) < 4.78 is 0. The number of carbonyl (C=O) groups is 1. The maximum atomic E-state index is 12.8. The van der Waals surface area contributed by atoms with E-state index < -0.39 is 17.2 Å². The average Bonchev–Trinajstić information content (AvgIpc) is 2.53. The number of Topliss-reactive ketones (excluding diaryl/α,β-unsaturated/α-hetero) is 1. The van der Waals surface area contributed by atoms with Gasteiger partial charge in [-0.3, -0.25) is 19.6 Å². The number of hydrogen-bond donors (Lipinski definition) is 3. The van der Waals surface area contributed by atoms with E-state index in [1.807, 2.05) is 13.8 Å². The number of benzene rings is 1. The Kier molecular flexibility index (Phi) is 4.09. The molecule has 1 aromatic heterocycles. The first-order valence-corrected chi connectivity index (χ1v) is 9.26. The smallest absolute Gasteiger partial charge is 0.327 e. The minimum Gasteiger partial charge on any atom is -0.338 e. The average molecular weight is 406 g/mol. The predicted molar refractivity (Wildman–Crippen MR) is 105 cm³/mol. The number of halogens is 2. The maximum Gasteiger partial charge on any atom is 0.327 e. The fourth-order valence-electron chi connectivity index (χ4n) is 4.01. The van der Waals surface area contributed by atoms with Crippen molar-refractivity contribution in [3.05, 3.63) is 71.5 Å². The van der Waals surface area contributed by atoms with Crippen LogP contribution in [-0.4, -0.2) is 15.8 Å². The SMILES string of the molecule is CC1(C)CC(=O)C2=C(C1)C(c1ccc(Cl)cc1Cl)c1c([nH]c(=O)[nH]c1=O)N2. The van der Waals surface area contributed by atoms with E-state index >= 15 is 0 Å². The molecule has 8 heteroatoms. The molecule has 3 N–H and O–H groups in total. The Balaban J connectivity index is 2.04. The first kappa shape index (κ1) is 18.1. The van der Waals surface area contributed by atoms with Crippen LogP contribution in [0.4, 0.5) is 5.82 Å². The van der Waals surface area contributed by atoms with Crippen molar-refractivity contribution in [1.82, 2.24) is 9.97 Å².